The van der Waals surface area contributed by atoms with Crippen LogP contribution in [0.4, 0.5) is 5.69 Å². The van der Waals surface area contributed by atoms with Gasteiger partial charge in [-0.15, -0.1) is 0 Å². The summed E-state index contributed by atoms with van der Waals surface area (Å²) in [5.74, 6) is 0. The van der Waals surface area contributed by atoms with Gasteiger partial charge in [-0.25, -0.2) is 0 Å². The molecule has 0 saturated carbocycles. The van der Waals surface area contributed by atoms with Crippen LogP contribution < -0.4 is 4.90 Å². The molecule has 0 unspecified atom stereocenters. The van der Waals surface area contributed by atoms with E-state index < -0.39 is 4.92 Å². The molecule has 106 valence electrons. The number of anilines is 1. The number of halogens is 1. The van der Waals surface area contributed by atoms with Crippen LogP contribution in [0, 0.1) is 10.1 Å². The summed E-state index contributed by atoms with van der Waals surface area (Å²) in [5.41, 5.74) is 3.81. The van der Waals surface area contributed by atoms with Gasteiger partial charge < -0.3 is 4.90 Å². The number of fused-ring (bicyclic) bond motifs is 1. The van der Waals surface area contributed by atoms with Crippen LogP contribution in [-0.4, -0.2) is 17.5 Å². The lowest BCUT2D eigenvalue weighted by Crippen LogP contribution is -2.42. The molecular formula is C15H17ClN2O2. The fraction of sp³-hybridized carbons (Fsp3) is 0.333. The predicted octanol–water partition coefficient (Wildman–Crippen LogP) is 4.22. The third kappa shape index (κ3) is 2.56. The van der Waals surface area contributed by atoms with Gasteiger partial charge in [-0.1, -0.05) is 17.7 Å². The second kappa shape index (κ2) is 4.94. The van der Waals surface area contributed by atoms with E-state index in [-0.39, 0.29) is 5.54 Å². The standard InChI is InChI=1S/C15H17ClN2O2/c1-10-9-15(2,3)17(4)14-8-13(16)11(7-12(10)14)5-6-18(19)20/h5-9H,1-4H3/b6-5-. The Morgan fingerprint density at radius 3 is 2.65 bits per heavy atom. The average Bonchev–Trinajstić information content (AvgIpc) is 2.33. The topological polar surface area (TPSA) is 46.4 Å². The van der Waals surface area contributed by atoms with E-state index in [9.17, 15) is 10.1 Å². The number of rotatable bonds is 2. The van der Waals surface area contributed by atoms with Crippen molar-refractivity contribution in [1.29, 1.82) is 0 Å². The Bertz CT molecular complexity index is 633. The molecule has 1 aliphatic rings. The number of allylic oxidation sites excluding steroid dienone is 1. The molecule has 0 atom stereocenters. The van der Waals surface area contributed by atoms with Crippen molar-refractivity contribution < 1.29 is 4.92 Å². The number of nitro groups is 1. The minimum Gasteiger partial charge on any atom is -0.365 e. The van der Waals surface area contributed by atoms with Crippen molar-refractivity contribution in [3.63, 3.8) is 0 Å². The van der Waals surface area contributed by atoms with Gasteiger partial charge in [0.15, 0.2) is 0 Å². The van der Waals surface area contributed by atoms with Gasteiger partial charge in [-0.05, 0) is 44.0 Å². The van der Waals surface area contributed by atoms with Crippen LogP contribution in [0.1, 0.15) is 31.9 Å². The molecule has 2 rings (SSSR count). The predicted molar refractivity (Wildman–Crippen MR) is 83.6 cm³/mol. The average molecular weight is 293 g/mol. The molecule has 0 radical (unpaired) electrons. The Balaban J connectivity index is 2.57. The van der Waals surface area contributed by atoms with Crippen LogP contribution in [0.2, 0.25) is 5.02 Å². The van der Waals surface area contributed by atoms with Gasteiger partial charge in [0.05, 0.1) is 15.5 Å². The van der Waals surface area contributed by atoms with Crippen LogP contribution >= 0.6 is 11.6 Å². The molecule has 0 aromatic heterocycles. The number of benzene rings is 1. The molecular weight excluding hydrogens is 276 g/mol. The third-order valence-corrected chi connectivity index (χ3v) is 4.04. The molecule has 5 heteroatoms. The largest absolute Gasteiger partial charge is 0.365 e. The number of hydrogen-bond donors (Lipinski definition) is 0. The molecule has 4 nitrogen and oxygen atoms in total. The van der Waals surface area contributed by atoms with E-state index in [2.05, 4.69) is 24.8 Å². The summed E-state index contributed by atoms with van der Waals surface area (Å²) in [6.45, 7) is 6.31. The Morgan fingerprint density at radius 2 is 2.05 bits per heavy atom. The van der Waals surface area contributed by atoms with Gasteiger partial charge in [0.2, 0.25) is 6.20 Å². The summed E-state index contributed by atoms with van der Waals surface area (Å²) in [4.78, 5) is 12.1. The molecule has 1 aromatic rings. The molecule has 0 spiro atoms. The molecule has 1 heterocycles. The Hall–Kier alpha value is -1.81. The zero-order valence-corrected chi connectivity index (χ0v) is 12.7. The van der Waals surface area contributed by atoms with E-state index >= 15 is 0 Å². The van der Waals surface area contributed by atoms with Crippen molar-refractivity contribution in [3.8, 4) is 0 Å². The maximum absolute atomic E-state index is 10.4. The van der Waals surface area contributed by atoms with Crippen LogP contribution in [0.5, 0.6) is 0 Å². The fourth-order valence-electron chi connectivity index (χ4n) is 2.46. The summed E-state index contributed by atoms with van der Waals surface area (Å²) in [6, 6.07) is 3.77. The van der Waals surface area contributed by atoms with Crippen LogP contribution in [0.3, 0.4) is 0 Å². The first-order chi connectivity index (χ1) is 9.22. The summed E-state index contributed by atoms with van der Waals surface area (Å²) in [7, 11) is 2.02. The fourth-order valence-corrected chi connectivity index (χ4v) is 2.68. The molecule has 0 bridgehead atoms. The summed E-state index contributed by atoms with van der Waals surface area (Å²) in [5, 5.41) is 10.9. The maximum Gasteiger partial charge on any atom is 0.235 e. The summed E-state index contributed by atoms with van der Waals surface area (Å²) >= 11 is 6.23. The second-order valence-corrected chi connectivity index (χ2v) is 5.94. The molecule has 1 aromatic carbocycles. The minimum atomic E-state index is -0.492. The first-order valence-corrected chi connectivity index (χ1v) is 6.69. The number of likely N-dealkylation sites (N-methyl/N-ethyl adjacent to an activating group) is 1. The SMILES string of the molecule is CC1=CC(C)(C)N(C)c2cc(Cl)c(/C=C\[N+](=O)[O-])cc21. The third-order valence-electron chi connectivity index (χ3n) is 3.71. The molecule has 0 N–H and O–H groups in total. The second-order valence-electron chi connectivity index (χ2n) is 5.53. The van der Waals surface area contributed by atoms with E-state index in [0.29, 0.717) is 10.6 Å². The highest BCUT2D eigenvalue weighted by Crippen LogP contribution is 2.40. The Labute approximate surface area is 123 Å². The monoisotopic (exact) mass is 292 g/mol. The van der Waals surface area contributed by atoms with Crippen molar-refractivity contribution in [2.45, 2.75) is 26.3 Å². The highest BCUT2D eigenvalue weighted by molar-refractivity contribution is 6.32. The quantitative estimate of drug-likeness (QED) is 0.605. The van der Waals surface area contributed by atoms with Gasteiger partial charge in [0, 0.05) is 24.4 Å². The lowest BCUT2D eigenvalue weighted by atomic mass is 9.88. The van der Waals surface area contributed by atoms with Gasteiger partial charge in [-0.3, -0.25) is 10.1 Å². The smallest absolute Gasteiger partial charge is 0.235 e. The molecule has 0 saturated heterocycles. The van der Waals surface area contributed by atoms with E-state index in [1.54, 1.807) is 0 Å². The van der Waals surface area contributed by atoms with Crippen molar-refractivity contribution in [2.75, 3.05) is 11.9 Å². The zero-order valence-electron chi connectivity index (χ0n) is 12.0. The van der Waals surface area contributed by atoms with Crippen molar-refractivity contribution in [3.05, 3.63) is 50.7 Å². The van der Waals surface area contributed by atoms with Crippen molar-refractivity contribution in [1.82, 2.24) is 0 Å². The molecule has 0 aliphatic carbocycles. The van der Waals surface area contributed by atoms with Gasteiger partial charge in [-0.2, -0.15) is 0 Å². The van der Waals surface area contributed by atoms with Crippen molar-refractivity contribution >= 4 is 28.9 Å². The van der Waals surface area contributed by atoms with Gasteiger partial charge in [0.1, 0.15) is 0 Å². The molecule has 1 aliphatic heterocycles. The number of hydrogen-bond acceptors (Lipinski definition) is 3. The van der Waals surface area contributed by atoms with E-state index in [0.717, 1.165) is 23.0 Å². The highest BCUT2D eigenvalue weighted by atomic mass is 35.5. The van der Waals surface area contributed by atoms with Crippen LogP contribution in [-0.2, 0) is 0 Å². The zero-order chi connectivity index (χ0) is 15.1. The Kier molecular flexibility index (Phi) is 3.61. The Morgan fingerprint density at radius 1 is 1.40 bits per heavy atom. The molecule has 20 heavy (non-hydrogen) atoms. The van der Waals surface area contributed by atoms with E-state index in [1.807, 2.05) is 26.1 Å². The van der Waals surface area contributed by atoms with Gasteiger partial charge in [0.25, 0.3) is 0 Å². The van der Waals surface area contributed by atoms with E-state index in [4.69, 9.17) is 11.6 Å². The minimum absolute atomic E-state index is 0.0847. The molecule has 0 amide bonds. The normalized spacial score (nSPS) is 17.1. The first kappa shape index (κ1) is 14.6. The van der Waals surface area contributed by atoms with Crippen LogP contribution in [0.25, 0.3) is 11.6 Å². The maximum atomic E-state index is 10.4. The lowest BCUT2D eigenvalue weighted by molar-refractivity contribution is -0.400. The highest BCUT2D eigenvalue weighted by Gasteiger charge is 2.28. The van der Waals surface area contributed by atoms with Crippen LogP contribution in [0.15, 0.2) is 24.4 Å². The van der Waals surface area contributed by atoms with Crippen molar-refractivity contribution in [2.24, 2.45) is 0 Å². The van der Waals surface area contributed by atoms with Gasteiger partial charge >= 0.3 is 0 Å². The van der Waals surface area contributed by atoms with E-state index in [1.165, 1.54) is 6.08 Å². The first-order valence-electron chi connectivity index (χ1n) is 6.31. The number of nitrogens with zero attached hydrogens (tertiary/aromatic N) is 2. The summed E-state index contributed by atoms with van der Waals surface area (Å²) in [6.07, 6.45) is 4.52. The lowest BCUT2D eigenvalue weighted by Gasteiger charge is -2.40. The summed E-state index contributed by atoms with van der Waals surface area (Å²) < 4.78 is 0. The molecule has 0 fully saturated rings.